The minimum Gasteiger partial charge on any atom is -0.200 e. The molecule has 0 heterocycles. The van der Waals surface area contributed by atoms with Crippen molar-refractivity contribution >= 4 is 0 Å². The quantitative estimate of drug-likeness (QED) is 0.238. The topological polar surface area (TPSA) is 0 Å². The van der Waals surface area contributed by atoms with Crippen molar-refractivity contribution in [2.75, 3.05) is 0 Å². The molecule has 5 aliphatic rings. The molecule has 0 nitrogen and oxygen atoms in total. The Morgan fingerprint density at radius 2 is 1.48 bits per heavy atom. The van der Waals surface area contributed by atoms with E-state index in [4.69, 9.17) is 0 Å². The number of rotatable bonds is 5. The molecular weight excluding hydrogens is 532 g/mol. The van der Waals surface area contributed by atoms with E-state index in [1.807, 2.05) is 6.92 Å². The minimum absolute atomic E-state index is 0.0427. The third kappa shape index (κ3) is 4.57. The lowest BCUT2D eigenvalue weighted by Gasteiger charge is -2.59. The zero-order chi connectivity index (χ0) is 30.3. The van der Waals surface area contributed by atoms with Crippen molar-refractivity contribution in [1.29, 1.82) is 0 Å². The van der Waals surface area contributed by atoms with Crippen molar-refractivity contribution in [3.63, 3.8) is 0 Å². The summed E-state index contributed by atoms with van der Waals surface area (Å²) in [7, 11) is 0. The maximum Gasteiger partial charge on any atom is 0.315 e. The van der Waals surface area contributed by atoms with Crippen molar-refractivity contribution in [3.8, 4) is 0 Å². The van der Waals surface area contributed by atoms with E-state index in [9.17, 15) is 8.78 Å². The second kappa shape index (κ2) is 10.1. The standard InChI is InChI=1S/C38H54F4/c1-7-8-25-9-11-26(12-10-25)30-24-34(4)31(16-17-35(34,5)38(41,42)36(6,39)40)29-14-13-27-23-37(18-15-28(27)32(29)30)21-19-33(2,3)20-22-37/h9-12,27,29-31H,7-8,13-24H2,1-6H3/t27?,29?,30?,31?,34?,35-/m1/s1. The lowest BCUT2D eigenvalue weighted by molar-refractivity contribution is -0.284. The van der Waals surface area contributed by atoms with Crippen LogP contribution in [0.4, 0.5) is 17.6 Å². The summed E-state index contributed by atoms with van der Waals surface area (Å²) < 4.78 is 61.1. The number of hydrogen-bond donors (Lipinski definition) is 0. The fourth-order valence-electron chi connectivity index (χ4n) is 11.1. The maximum atomic E-state index is 15.9. The third-order valence-corrected chi connectivity index (χ3v) is 14.0. The fraction of sp³-hybridized carbons (Fsp3) is 0.789. The summed E-state index contributed by atoms with van der Waals surface area (Å²) in [6, 6.07) is 8.91. The summed E-state index contributed by atoms with van der Waals surface area (Å²) in [5, 5.41) is 0. The summed E-state index contributed by atoms with van der Waals surface area (Å²) in [5.74, 6) is -7.17. The number of aryl methyl sites for hydroxylation is 1. The highest BCUT2D eigenvalue weighted by Crippen LogP contribution is 2.74. The van der Waals surface area contributed by atoms with Crippen LogP contribution in [0.2, 0.25) is 0 Å². The Morgan fingerprint density at radius 3 is 2.10 bits per heavy atom. The molecule has 0 radical (unpaired) electrons. The fourth-order valence-corrected chi connectivity index (χ4v) is 11.1. The molecule has 4 heteroatoms. The zero-order valence-corrected chi connectivity index (χ0v) is 27.0. The summed E-state index contributed by atoms with van der Waals surface area (Å²) in [4.78, 5) is 0. The van der Waals surface area contributed by atoms with Gasteiger partial charge in [0.1, 0.15) is 0 Å². The van der Waals surface area contributed by atoms with Gasteiger partial charge in [0, 0.05) is 18.3 Å². The molecule has 4 fully saturated rings. The maximum absolute atomic E-state index is 15.9. The molecule has 234 valence electrons. The van der Waals surface area contributed by atoms with Gasteiger partial charge in [0.05, 0.1) is 0 Å². The predicted molar refractivity (Wildman–Crippen MR) is 164 cm³/mol. The molecule has 5 unspecified atom stereocenters. The molecule has 0 aromatic heterocycles. The number of fused-ring (bicyclic) bond motifs is 4. The average Bonchev–Trinajstić information content (AvgIpc) is 3.21. The predicted octanol–water partition coefficient (Wildman–Crippen LogP) is 11.9. The Morgan fingerprint density at radius 1 is 0.810 bits per heavy atom. The highest BCUT2D eigenvalue weighted by Gasteiger charge is 2.74. The molecule has 0 amide bonds. The van der Waals surface area contributed by atoms with E-state index in [1.54, 1.807) is 11.1 Å². The molecule has 5 aliphatic carbocycles. The molecule has 1 aromatic rings. The lowest BCUT2D eigenvalue weighted by Crippen LogP contribution is -2.59. The molecule has 6 rings (SSSR count). The van der Waals surface area contributed by atoms with Gasteiger partial charge in [-0.15, -0.1) is 0 Å². The highest BCUT2D eigenvalue weighted by molar-refractivity contribution is 5.42. The minimum atomic E-state index is -4.05. The van der Waals surface area contributed by atoms with Gasteiger partial charge in [-0.3, -0.25) is 0 Å². The molecule has 1 aromatic carbocycles. The molecule has 4 saturated carbocycles. The Kier molecular flexibility index (Phi) is 7.38. The molecule has 0 aliphatic heterocycles. The van der Waals surface area contributed by atoms with Crippen LogP contribution in [-0.2, 0) is 6.42 Å². The van der Waals surface area contributed by atoms with Crippen LogP contribution in [0.15, 0.2) is 35.4 Å². The van der Waals surface area contributed by atoms with E-state index in [2.05, 4.69) is 45.0 Å². The summed E-state index contributed by atoms with van der Waals surface area (Å²) in [5.41, 5.74) is 4.06. The second-order valence-electron chi connectivity index (χ2n) is 16.8. The number of halogens is 4. The highest BCUT2D eigenvalue weighted by atomic mass is 19.3. The smallest absolute Gasteiger partial charge is 0.200 e. The van der Waals surface area contributed by atoms with Crippen molar-refractivity contribution in [2.45, 2.75) is 149 Å². The van der Waals surface area contributed by atoms with Gasteiger partial charge >= 0.3 is 11.8 Å². The summed E-state index contributed by atoms with van der Waals surface area (Å²) in [6.07, 6.45) is 14.6. The monoisotopic (exact) mass is 586 g/mol. The normalized spacial score (nSPS) is 37.8. The molecule has 0 bridgehead atoms. The van der Waals surface area contributed by atoms with E-state index in [-0.39, 0.29) is 24.2 Å². The Hall–Kier alpha value is -1.32. The van der Waals surface area contributed by atoms with Gasteiger partial charge in [-0.1, -0.05) is 76.5 Å². The molecule has 42 heavy (non-hydrogen) atoms. The van der Waals surface area contributed by atoms with Gasteiger partial charge in [-0.2, -0.15) is 8.78 Å². The second-order valence-corrected chi connectivity index (χ2v) is 16.8. The largest absolute Gasteiger partial charge is 0.315 e. The first-order valence-corrected chi connectivity index (χ1v) is 17.1. The number of allylic oxidation sites excluding steroid dienone is 2. The van der Waals surface area contributed by atoms with E-state index < -0.39 is 22.7 Å². The number of hydrogen-bond acceptors (Lipinski definition) is 0. The van der Waals surface area contributed by atoms with E-state index in [0.717, 1.165) is 32.1 Å². The molecular formula is C38H54F4. The van der Waals surface area contributed by atoms with Gasteiger partial charge in [0.25, 0.3) is 0 Å². The van der Waals surface area contributed by atoms with Gasteiger partial charge in [0.15, 0.2) is 0 Å². The van der Waals surface area contributed by atoms with Crippen molar-refractivity contribution in [3.05, 3.63) is 46.5 Å². The number of alkyl halides is 4. The van der Waals surface area contributed by atoms with Crippen molar-refractivity contribution < 1.29 is 17.6 Å². The molecule has 6 atom stereocenters. The van der Waals surface area contributed by atoms with Crippen molar-refractivity contribution in [2.24, 2.45) is 39.4 Å². The van der Waals surface area contributed by atoms with Crippen LogP contribution in [0, 0.1) is 39.4 Å². The van der Waals surface area contributed by atoms with Gasteiger partial charge in [-0.25, -0.2) is 8.78 Å². The summed E-state index contributed by atoms with van der Waals surface area (Å²) >= 11 is 0. The zero-order valence-electron chi connectivity index (χ0n) is 27.0. The molecule has 0 saturated heterocycles. The van der Waals surface area contributed by atoms with E-state index >= 15 is 8.78 Å². The van der Waals surface area contributed by atoms with E-state index in [1.165, 1.54) is 56.6 Å². The third-order valence-electron chi connectivity index (χ3n) is 14.0. The first-order valence-electron chi connectivity index (χ1n) is 17.1. The first kappa shape index (κ1) is 30.7. The van der Waals surface area contributed by atoms with Gasteiger partial charge in [-0.05, 0) is 129 Å². The van der Waals surface area contributed by atoms with Crippen molar-refractivity contribution in [1.82, 2.24) is 0 Å². The van der Waals surface area contributed by atoms with Gasteiger partial charge in [0.2, 0.25) is 0 Å². The van der Waals surface area contributed by atoms with Crippen LogP contribution in [0.5, 0.6) is 0 Å². The Labute approximate surface area is 252 Å². The number of benzene rings is 1. The lowest BCUT2D eigenvalue weighted by atomic mass is 9.46. The van der Waals surface area contributed by atoms with Crippen LogP contribution in [0.25, 0.3) is 0 Å². The molecule has 1 spiro atoms. The first-order chi connectivity index (χ1) is 19.6. The van der Waals surface area contributed by atoms with Crippen LogP contribution in [0.1, 0.15) is 142 Å². The Bertz CT molecular complexity index is 1190. The summed E-state index contributed by atoms with van der Waals surface area (Å²) in [6.45, 7) is 10.9. The molecule has 0 N–H and O–H groups in total. The van der Waals surface area contributed by atoms with Crippen LogP contribution < -0.4 is 0 Å². The van der Waals surface area contributed by atoms with E-state index in [0.29, 0.717) is 36.5 Å². The van der Waals surface area contributed by atoms with Gasteiger partial charge < -0.3 is 0 Å². The average molecular weight is 587 g/mol. The Balaban J connectivity index is 1.42. The SMILES string of the molecule is CCCc1ccc(C2CC3(C)C(CC[C@@]3(C)C(F)(F)C(C)(F)F)C3CCC4CC5(CCC4=C23)CCC(C)(C)CC5)cc1. The van der Waals surface area contributed by atoms with Crippen LogP contribution in [0.3, 0.4) is 0 Å². The van der Waals surface area contributed by atoms with Crippen LogP contribution >= 0.6 is 0 Å². The van der Waals surface area contributed by atoms with Crippen LogP contribution in [-0.4, -0.2) is 11.8 Å².